The molecule has 3 heteroatoms. The van der Waals surface area contributed by atoms with Gasteiger partial charge in [0, 0.05) is 37.4 Å². The number of carbonyl (C=O) groups is 1. The second kappa shape index (κ2) is 10.1. The van der Waals surface area contributed by atoms with Gasteiger partial charge in [-0.15, -0.1) is 0 Å². The Bertz CT molecular complexity index is 577. The summed E-state index contributed by atoms with van der Waals surface area (Å²) >= 11 is 0. The Balaban J connectivity index is 1.88. The largest absolute Gasteiger partial charge is 0.377 e. The monoisotopic (exact) mass is 327 g/mol. The lowest BCUT2D eigenvalue weighted by atomic mass is 9.92. The molecule has 2 atom stereocenters. The summed E-state index contributed by atoms with van der Waals surface area (Å²) in [5.74, 6) is 0.378. The summed E-state index contributed by atoms with van der Waals surface area (Å²) in [5, 5.41) is 0. The molecule has 0 unspecified atom stereocenters. The first-order valence-electron chi connectivity index (χ1n) is 8.99. The number of ketones is 1. The second-order valence-electron chi connectivity index (χ2n) is 6.38. The average molecular weight is 327 g/mol. The molecule has 0 aliphatic rings. The lowest BCUT2D eigenvalue weighted by Crippen LogP contribution is -2.25. The predicted molar refractivity (Wildman–Crippen MR) is 97.9 cm³/mol. The molecule has 3 nitrogen and oxygen atoms in total. The van der Waals surface area contributed by atoms with E-state index in [4.69, 9.17) is 4.74 Å². The third-order valence-electron chi connectivity index (χ3n) is 4.54. The molecule has 1 heterocycles. The smallest absolute Gasteiger partial charge is 0.137 e. The summed E-state index contributed by atoms with van der Waals surface area (Å²) in [5.41, 5.74) is 1.18. The van der Waals surface area contributed by atoms with Gasteiger partial charge in [-0.2, -0.15) is 0 Å². The van der Waals surface area contributed by atoms with E-state index in [9.17, 15) is 4.79 Å². The van der Waals surface area contributed by atoms with Crippen LogP contribution >= 0.6 is 0 Å². The minimum atomic E-state index is 0.0178. The molecule has 130 valence electrons. The lowest BCUT2D eigenvalue weighted by Gasteiger charge is -2.25. The maximum Gasteiger partial charge on any atom is 0.137 e. The zero-order valence-electron chi connectivity index (χ0n) is 14.9. The maximum atomic E-state index is 12.4. The average Bonchev–Trinajstić information content (AvgIpc) is 3.14. The van der Waals surface area contributed by atoms with Gasteiger partial charge in [-0.1, -0.05) is 50.6 Å². The van der Waals surface area contributed by atoms with Gasteiger partial charge in [0.05, 0.1) is 6.61 Å². The van der Waals surface area contributed by atoms with E-state index in [1.54, 1.807) is 0 Å². The van der Waals surface area contributed by atoms with Crippen molar-refractivity contribution >= 4 is 5.78 Å². The van der Waals surface area contributed by atoms with Crippen molar-refractivity contribution in [1.82, 2.24) is 4.57 Å². The summed E-state index contributed by atoms with van der Waals surface area (Å²) in [6.07, 6.45) is 7.66. The van der Waals surface area contributed by atoms with Crippen molar-refractivity contribution in [2.24, 2.45) is 5.92 Å². The van der Waals surface area contributed by atoms with Crippen LogP contribution in [0.15, 0.2) is 54.9 Å². The number of ether oxygens (including phenoxy) is 1. The minimum absolute atomic E-state index is 0.0178. The van der Waals surface area contributed by atoms with Crippen LogP contribution in [0.3, 0.4) is 0 Å². The fourth-order valence-electron chi connectivity index (χ4n) is 2.99. The normalized spacial score (nSPS) is 13.6. The Kier molecular flexibility index (Phi) is 7.76. The molecule has 0 N–H and O–H groups in total. The minimum Gasteiger partial charge on any atom is -0.377 e. The summed E-state index contributed by atoms with van der Waals surface area (Å²) in [6, 6.07) is 14.4. The van der Waals surface area contributed by atoms with E-state index in [2.05, 4.69) is 30.5 Å². The standard InChI is InChI=1S/C21H29NO2/c1-3-4-12-21(23)18(2)20(22-14-8-9-15-22)13-16-24-17-19-10-6-5-7-11-19/h5-11,14-15,18,20H,3-4,12-13,16-17H2,1-2H3/t18-,20+/m0/s1. The van der Waals surface area contributed by atoms with Crippen molar-refractivity contribution in [3.8, 4) is 0 Å². The molecule has 1 aromatic heterocycles. The van der Waals surface area contributed by atoms with Crippen molar-refractivity contribution in [1.29, 1.82) is 0 Å². The molecular formula is C21H29NO2. The van der Waals surface area contributed by atoms with E-state index in [0.717, 1.165) is 19.3 Å². The van der Waals surface area contributed by atoms with Crippen molar-refractivity contribution < 1.29 is 9.53 Å². The van der Waals surface area contributed by atoms with E-state index >= 15 is 0 Å². The molecule has 0 fully saturated rings. The SMILES string of the molecule is CCCCC(=O)[C@@H](C)[C@@H](CCOCc1ccccc1)n1cccc1. The van der Waals surface area contributed by atoms with Gasteiger partial charge in [0.15, 0.2) is 0 Å². The van der Waals surface area contributed by atoms with Gasteiger partial charge in [0.1, 0.15) is 5.78 Å². The number of aromatic nitrogens is 1. The highest BCUT2D eigenvalue weighted by molar-refractivity contribution is 5.81. The Labute approximate surface area is 145 Å². The molecule has 1 aromatic carbocycles. The first-order chi connectivity index (χ1) is 11.7. The maximum absolute atomic E-state index is 12.4. The van der Waals surface area contributed by atoms with Crippen LogP contribution in [0.2, 0.25) is 0 Å². The van der Waals surface area contributed by atoms with Gasteiger partial charge in [-0.3, -0.25) is 4.79 Å². The summed E-state index contributed by atoms with van der Waals surface area (Å²) in [4.78, 5) is 12.4. The highest BCUT2D eigenvalue weighted by Crippen LogP contribution is 2.25. The van der Waals surface area contributed by atoms with Gasteiger partial charge < -0.3 is 9.30 Å². The van der Waals surface area contributed by atoms with Crippen LogP contribution in [-0.2, 0) is 16.1 Å². The number of rotatable bonds is 11. The van der Waals surface area contributed by atoms with Crippen molar-refractivity contribution in [3.63, 3.8) is 0 Å². The van der Waals surface area contributed by atoms with Gasteiger partial charge in [0.25, 0.3) is 0 Å². The Morgan fingerprint density at radius 2 is 1.83 bits per heavy atom. The van der Waals surface area contributed by atoms with Gasteiger partial charge in [-0.25, -0.2) is 0 Å². The predicted octanol–water partition coefficient (Wildman–Crippen LogP) is 5.03. The molecule has 0 amide bonds. The first kappa shape index (κ1) is 18.5. The highest BCUT2D eigenvalue weighted by Gasteiger charge is 2.24. The summed E-state index contributed by atoms with van der Waals surface area (Å²) in [7, 11) is 0. The second-order valence-corrected chi connectivity index (χ2v) is 6.38. The van der Waals surface area contributed by atoms with E-state index in [1.165, 1.54) is 5.56 Å². The van der Waals surface area contributed by atoms with Crippen LogP contribution in [0.1, 0.15) is 51.1 Å². The molecule has 2 rings (SSSR count). The lowest BCUT2D eigenvalue weighted by molar-refractivity contribution is -0.124. The fourth-order valence-corrected chi connectivity index (χ4v) is 2.99. The van der Waals surface area contributed by atoms with E-state index in [1.807, 2.05) is 42.7 Å². The number of Topliss-reactive ketones (excluding diaryl/α,β-unsaturated/α-hetero) is 1. The highest BCUT2D eigenvalue weighted by atomic mass is 16.5. The fraction of sp³-hybridized carbons (Fsp3) is 0.476. The van der Waals surface area contributed by atoms with Gasteiger partial charge in [0.2, 0.25) is 0 Å². The van der Waals surface area contributed by atoms with Crippen LogP contribution in [-0.4, -0.2) is 17.0 Å². The Morgan fingerprint density at radius 3 is 2.50 bits per heavy atom. The van der Waals surface area contributed by atoms with Gasteiger partial charge in [-0.05, 0) is 30.5 Å². The third-order valence-corrected chi connectivity index (χ3v) is 4.54. The van der Waals surface area contributed by atoms with Gasteiger partial charge >= 0.3 is 0 Å². The number of nitrogens with zero attached hydrogens (tertiary/aromatic N) is 1. The van der Waals surface area contributed by atoms with Crippen LogP contribution in [0, 0.1) is 5.92 Å². The molecule has 0 radical (unpaired) electrons. The molecule has 0 saturated carbocycles. The van der Waals surface area contributed by atoms with Crippen molar-refractivity contribution in [2.75, 3.05) is 6.61 Å². The van der Waals surface area contributed by atoms with E-state index in [-0.39, 0.29) is 12.0 Å². The van der Waals surface area contributed by atoms with Crippen LogP contribution in [0.25, 0.3) is 0 Å². The summed E-state index contributed by atoms with van der Waals surface area (Å²) in [6.45, 7) is 5.46. The molecule has 0 saturated heterocycles. The number of carbonyl (C=O) groups excluding carboxylic acids is 1. The topological polar surface area (TPSA) is 31.2 Å². The molecule has 24 heavy (non-hydrogen) atoms. The van der Waals surface area contributed by atoms with Crippen molar-refractivity contribution in [3.05, 3.63) is 60.4 Å². The molecule has 0 aliphatic heterocycles. The third kappa shape index (κ3) is 5.64. The number of hydrogen-bond donors (Lipinski definition) is 0. The zero-order valence-corrected chi connectivity index (χ0v) is 14.9. The molecular weight excluding hydrogens is 298 g/mol. The summed E-state index contributed by atoms with van der Waals surface area (Å²) < 4.78 is 7.99. The molecule has 2 aromatic rings. The number of benzene rings is 1. The van der Waals surface area contributed by atoms with E-state index in [0.29, 0.717) is 25.4 Å². The number of hydrogen-bond acceptors (Lipinski definition) is 2. The quantitative estimate of drug-likeness (QED) is 0.542. The Morgan fingerprint density at radius 1 is 1.12 bits per heavy atom. The first-order valence-corrected chi connectivity index (χ1v) is 8.99. The van der Waals surface area contributed by atoms with E-state index < -0.39 is 0 Å². The molecule has 0 spiro atoms. The Hall–Kier alpha value is -1.87. The molecule has 0 bridgehead atoms. The zero-order chi connectivity index (χ0) is 17.2. The van der Waals surface area contributed by atoms with Crippen LogP contribution in [0.5, 0.6) is 0 Å². The molecule has 0 aliphatic carbocycles. The van der Waals surface area contributed by atoms with Crippen molar-refractivity contribution in [2.45, 2.75) is 52.2 Å². The van der Waals surface area contributed by atoms with Crippen LogP contribution in [0.4, 0.5) is 0 Å². The number of unbranched alkanes of at least 4 members (excludes halogenated alkanes) is 1. The van der Waals surface area contributed by atoms with Crippen LogP contribution < -0.4 is 0 Å².